The molecule has 0 radical (unpaired) electrons. The molecule has 37 heavy (non-hydrogen) atoms. The average molecular weight is 528 g/mol. The topological polar surface area (TPSA) is 141 Å². The van der Waals surface area contributed by atoms with E-state index in [-0.39, 0.29) is 22.8 Å². The van der Waals surface area contributed by atoms with Gasteiger partial charge < -0.3 is 26.4 Å². The summed E-state index contributed by atoms with van der Waals surface area (Å²) in [7, 11) is 1.50. The van der Waals surface area contributed by atoms with E-state index in [0.717, 1.165) is 18.0 Å². The summed E-state index contributed by atoms with van der Waals surface area (Å²) in [6, 6.07) is 11.3. The quantitative estimate of drug-likeness (QED) is 0.349. The van der Waals surface area contributed by atoms with Crippen molar-refractivity contribution in [1.82, 2.24) is 14.6 Å². The van der Waals surface area contributed by atoms with E-state index in [1.807, 2.05) is 13.8 Å². The molecule has 5 N–H and O–H groups in total. The van der Waals surface area contributed by atoms with Crippen LogP contribution in [-0.4, -0.2) is 40.6 Å². The van der Waals surface area contributed by atoms with E-state index in [2.05, 4.69) is 9.69 Å². The second kappa shape index (κ2) is 12.3. The number of methoxy groups -OCH3 is 1. The van der Waals surface area contributed by atoms with E-state index in [9.17, 15) is 18.8 Å². The Hall–Kier alpha value is -3.99. The smallest absolute Gasteiger partial charge is 0.270 e. The lowest BCUT2D eigenvalue weighted by molar-refractivity contribution is -0.126. The number of ether oxygens (including phenoxy) is 1. The summed E-state index contributed by atoms with van der Waals surface area (Å²) in [5.41, 5.74) is 12.0. The SMILES string of the molecule is COc1ccccc1CN(C(=O)c1snc(C(N)=O)c1N)[C@H](C(=O)NCCC(C)C)c1ccc(F)cc1. The fourth-order valence-electron chi connectivity index (χ4n) is 3.76. The van der Waals surface area contributed by atoms with E-state index in [1.165, 1.54) is 36.3 Å². The molecule has 0 spiro atoms. The molecule has 3 amide bonds. The molecule has 0 saturated carbocycles. The third-order valence-corrected chi connectivity index (χ3v) is 6.57. The van der Waals surface area contributed by atoms with Gasteiger partial charge in [0.15, 0.2) is 5.69 Å². The van der Waals surface area contributed by atoms with Gasteiger partial charge in [-0.05, 0) is 47.6 Å². The lowest BCUT2D eigenvalue weighted by Gasteiger charge is -2.32. The van der Waals surface area contributed by atoms with Gasteiger partial charge in [0.1, 0.15) is 22.5 Å². The highest BCUT2D eigenvalue weighted by molar-refractivity contribution is 7.09. The van der Waals surface area contributed by atoms with Gasteiger partial charge >= 0.3 is 0 Å². The molecule has 0 aliphatic carbocycles. The molecular weight excluding hydrogens is 497 g/mol. The highest BCUT2D eigenvalue weighted by Crippen LogP contribution is 2.32. The number of amides is 3. The molecule has 1 aromatic heterocycles. The second-order valence-electron chi connectivity index (χ2n) is 8.81. The first-order chi connectivity index (χ1) is 17.6. The van der Waals surface area contributed by atoms with Gasteiger partial charge in [0, 0.05) is 12.1 Å². The lowest BCUT2D eigenvalue weighted by atomic mass is 10.0. The second-order valence-corrected chi connectivity index (χ2v) is 9.58. The Bertz CT molecular complexity index is 1260. The third-order valence-electron chi connectivity index (χ3n) is 5.72. The molecular formula is C26H30FN5O4S. The van der Waals surface area contributed by atoms with Crippen LogP contribution in [0.25, 0.3) is 0 Å². The number of hydrogen-bond donors (Lipinski definition) is 3. The minimum absolute atomic E-state index is 0.0363. The number of halogens is 1. The molecule has 11 heteroatoms. The number of hydrogen-bond acceptors (Lipinski definition) is 7. The normalized spacial score (nSPS) is 11.7. The zero-order valence-corrected chi connectivity index (χ0v) is 21.7. The monoisotopic (exact) mass is 527 g/mol. The van der Waals surface area contributed by atoms with Gasteiger partial charge in [-0.15, -0.1) is 0 Å². The molecule has 3 rings (SSSR count). The van der Waals surface area contributed by atoms with Crippen molar-refractivity contribution >= 4 is 34.9 Å². The Labute approximate surface area is 218 Å². The van der Waals surface area contributed by atoms with Gasteiger partial charge in [-0.3, -0.25) is 14.4 Å². The van der Waals surface area contributed by atoms with E-state index in [4.69, 9.17) is 16.2 Å². The van der Waals surface area contributed by atoms with E-state index >= 15 is 0 Å². The van der Waals surface area contributed by atoms with Gasteiger partial charge in [0.05, 0.1) is 19.3 Å². The van der Waals surface area contributed by atoms with Crippen LogP contribution in [0, 0.1) is 11.7 Å². The van der Waals surface area contributed by atoms with Crippen LogP contribution in [0.1, 0.15) is 57.6 Å². The standard InChI is InChI=1S/C26H30FN5O4S/c1-15(2)12-13-30-25(34)22(16-8-10-18(27)11-9-16)32(14-17-6-4-5-7-19(17)36-3)26(35)23-20(28)21(24(29)33)31-37-23/h4-11,15,22H,12-14,28H2,1-3H3,(H2,29,33)(H,30,34)/t22-/m0/s1. The number of carbonyl (C=O) groups excluding carboxylic acids is 3. The van der Waals surface area contributed by atoms with Crippen molar-refractivity contribution in [3.63, 3.8) is 0 Å². The Kier molecular flexibility index (Phi) is 9.18. The molecule has 196 valence electrons. The van der Waals surface area contributed by atoms with Crippen LogP contribution in [-0.2, 0) is 11.3 Å². The minimum atomic E-state index is -1.15. The zero-order valence-electron chi connectivity index (χ0n) is 20.9. The van der Waals surface area contributed by atoms with Gasteiger partial charge in [-0.1, -0.05) is 44.2 Å². The lowest BCUT2D eigenvalue weighted by Crippen LogP contribution is -2.43. The van der Waals surface area contributed by atoms with Crippen LogP contribution in [0.15, 0.2) is 48.5 Å². The molecule has 0 bridgehead atoms. The number of nitrogen functional groups attached to an aromatic ring is 1. The highest BCUT2D eigenvalue weighted by Gasteiger charge is 2.35. The van der Waals surface area contributed by atoms with Gasteiger partial charge in [-0.2, -0.15) is 4.37 Å². The van der Waals surface area contributed by atoms with Crippen molar-refractivity contribution in [2.45, 2.75) is 32.9 Å². The summed E-state index contributed by atoms with van der Waals surface area (Å²) in [6.45, 7) is 4.40. The van der Waals surface area contributed by atoms with Crippen molar-refractivity contribution in [1.29, 1.82) is 0 Å². The summed E-state index contributed by atoms with van der Waals surface area (Å²) >= 11 is 0.720. The Balaban J connectivity index is 2.13. The predicted octanol–water partition coefficient (Wildman–Crippen LogP) is 3.52. The number of benzene rings is 2. The Morgan fingerprint density at radius 1 is 1.14 bits per heavy atom. The molecule has 0 saturated heterocycles. The molecule has 2 aromatic carbocycles. The molecule has 9 nitrogen and oxygen atoms in total. The summed E-state index contributed by atoms with van der Waals surface area (Å²) < 4.78 is 23.2. The molecule has 0 unspecified atom stereocenters. The van der Waals surface area contributed by atoms with Crippen LogP contribution in [0.5, 0.6) is 5.75 Å². The van der Waals surface area contributed by atoms with Gasteiger partial charge in [0.2, 0.25) is 5.91 Å². The number of rotatable bonds is 11. The van der Waals surface area contributed by atoms with Crippen LogP contribution in [0.2, 0.25) is 0 Å². The Morgan fingerprint density at radius 3 is 2.41 bits per heavy atom. The molecule has 0 fully saturated rings. The summed E-state index contributed by atoms with van der Waals surface area (Å²) in [6.07, 6.45) is 0.728. The maximum atomic E-state index is 13.9. The van der Waals surface area contributed by atoms with Crippen LogP contribution >= 0.6 is 11.5 Å². The first-order valence-corrected chi connectivity index (χ1v) is 12.4. The van der Waals surface area contributed by atoms with Crippen LogP contribution in [0.4, 0.5) is 10.1 Å². The highest BCUT2D eigenvalue weighted by atomic mass is 32.1. The molecule has 0 aliphatic heterocycles. The molecule has 3 aromatic rings. The molecule has 0 aliphatic rings. The van der Waals surface area contributed by atoms with Crippen LogP contribution < -0.4 is 21.5 Å². The van der Waals surface area contributed by atoms with E-state index in [1.54, 1.807) is 24.3 Å². The Morgan fingerprint density at radius 2 is 1.81 bits per heavy atom. The first-order valence-electron chi connectivity index (χ1n) is 11.6. The van der Waals surface area contributed by atoms with Crippen molar-refractivity contribution in [2.24, 2.45) is 11.7 Å². The van der Waals surface area contributed by atoms with Crippen molar-refractivity contribution in [3.8, 4) is 5.75 Å². The summed E-state index contributed by atoms with van der Waals surface area (Å²) in [5, 5.41) is 2.89. The minimum Gasteiger partial charge on any atom is -0.496 e. The van der Waals surface area contributed by atoms with Crippen molar-refractivity contribution in [3.05, 3.63) is 76.0 Å². The first kappa shape index (κ1) is 27.6. The van der Waals surface area contributed by atoms with E-state index in [0.29, 0.717) is 29.3 Å². The largest absolute Gasteiger partial charge is 0.496 e. The number of nitrogens with two attached hydrogens (primary N) is 2. The number of anilines is 1. The van der Waals surface area contributed by atoms with Gasteiger partial charge in [-0.25, -0.2) is 4.39 Å². The zero-order chi connectivity index (χ0) is 27.1. The molecule has 1 atom stereocenters. The number of carbonyl (C=O) groups is 3. The van der Waals surface area contributed by atoms with Crippen LogP contribution in [0.3, 0.4) is 0 Å². The van der Waals surface area contributed by atoms with Gasteiger partial charge in [0.25, 0.3) is 11.8 Å². The van der Waals surface area contributed by atoms with E-state index < -0.39 is 29.6 Å². The summed E-state index contributed by atoms with van der Waals surface area (Å²) in [5.74, 6) is -1.59. The van der Waals surface area contributed by atoms with Crippen molar-refractivity contribution < 1.29 is 23.5 Å². The fraction of sp³-hybridized carbons (Fsp3) is 0.308. The predicted molar refractivity (Wildman–Crippen MR) is 140 cm³/mol. The maximum Gasteiger partial charge on any atom is 0.270 e. The average Bonchev–Trinajstić information content (AvgIpc) is 3.25. The fourth-order valence-corrected chi connectivity index (χ4v) is 4.52. The molecule has 1 heterocycles. The number of aromatic nitrogens is 1. The third kappa shape index (κ3) is 6.62. The number of nitrogens with one attached hydrogen (secondary N) is 1. The number of nitrogens with zero attached hydrogens (tertiary/aromatic N) is 2. The maximum absolute atomic E-state index is 13.9. The summed E-state index contributed by atoms with van der Waals surface area (Å²) in [4.78, 5) is 40.5. The number of para-hydroxylation sites is 1. The number of primary amides is 1. The van der Waals surface area contributed by atoms with Crippen molar-refractivity contribution in [2.75, 3.05) is 19.4 Å².